The molecule has 0 bridgehead atoms. The normalized spacial score (nSPS) is 24.8. The molecular weight excluding hydrogens is 166 g/mol. The second kappa shape index (κ2) is 3.50. The summed E-state index contributed by atoms with van der Waals surface area (Å²) in [5.41, 5.74) is -0.0905. The van der Waals surface area contributed by atoms with Gasteiger partial charge >= 0.3 is 0 Å². The van der Waals surface area contributed by atoms with Gasteiger partial charge in [0.1, 0.15) is 0 Å². The Morgan fingerprint density at radius 2 is 2.08 bits per heavy atom. The molecule has 0 aliphatic carbocycles. The summed E-state index contributed by atoms with van der Waals surface area (Å²) >= 11 is 0. The van der Waals surface area contributed by atoms with Crippen LogP contribution in [0.5, 0.6) is 0 Å². The Bertz CT molecular complexity index is 228. The van der Waals surface area contributed by atoms with Crippen molar-refractivity contribution in [3.63, 3.8) is 0 Å². The zero-order chi connectivity index (χ0) is 10.1. The summed E-state index contributed by atoms with van der Waals surface area (Å²) in [5, 5.41) is 10.1. The van der Waals surface area contributed by atoms with E-state index in [4.69, 9.17) is 0 Å². The first-order chi connectivity index (χ1) is 5.93. The van der Waals surface area contributed by atoms with E-state index in [1.54, 1.807) is 0 Å². The van der Waals surface area contributed by atoms with Crippen molar-refractivity contribution in [2.24, 2.45) is 11.3 Å². The lowest BCUT2D eigenvalue weighted by Gasteiger charge is -2.29. The third-order valence-electron chi connectivity index (χ3n) is 2.41. The van der Waals surface area contributed by atoms with Crippen LogP contribution >= 0.6 is 0 Å². The van der Waals surface area contributed by atoms with Gasteiger partial charge in [-0.1, -0.05) is 32.9 Å². The fourth-order valence-electron chi connectivity index (χ4n) is 1.50. The number of allylic oxidation sites excluding steroid dienone is 1. The fraction of sp³-hybridized carbons (Fsp3) is 0.700. The van der Waals surface area contributed by atoms with Crippen LogP contribution in [0.25, 0.3) is 0 Å². The number of hydrogen-bond acceptors (Lipinski definition) is 2. The topological polar surface area (TPSA) is 40.5 Å². The molecule has 0 aromatic carbocycles. The molecule has 0 fully saturated rings. The van der Waals surface area contributed by atoms with Crippen molar-refractivity contribution in [3.8, 4) is 0 Å². The Kier molecular flexibility index (Phi) is 2.76. The van der Waals surface area contributed by atoms with Gasteiger partial charge in [0.05, 0.1) is 6.54 Å². The second-order valence-electron chi connectivity index (χ2n) is 4.55. The average molecular weight is 183 g/mol. The Morgan fingerprint density at radius 3 is 2.62 bits per heavy atom. The highest BCUT2D eigenvalue weighted by atomic mass is 16.5. The van der Waals surface area contributed by atoms with Crippen LogP contribution in [0.4, 0.5) is 0 Å². The van der Waals surface area contributed by atoms with Crippen LogP contribution in [0.1, 0.15) is 27.2 Å². The maximum absolute atomic E-state index is 11.6. The minimum atomic E-state index is -0.169. The van der Waals surface area contributed by atoms with E-state index in [2.05, 4.69) is 0 Å². The van der Waals surface area contributed by atoms with Crippen molar-refractivity contribution in [2.75, 3.05) is 6.54 Å². The van der Waals surface area contributed by atoms with Crippen LogP contribution in [-0.4, -0.2) is 22.7 Å². The van der Waals surface area contributed by atoms with Crippen molar-refractivity contribution in [3.05, 3.63) is 12.2 Å². The van der Waals surface area contributed by atoms with E-state index in [0.29, 0.717) is 6.54 Å². The zero-order valence-electron chi connectivity index (χ0n) is 8.45. The molecule has 0 radical (unpaired) electrons. The first-order valence-corrected chi connectivity index (χ1v) is 4.58. The molecular formula is C10H17NO2. The lowest BCUT2D eigenvalue weighted by atomic mass is 9.78. The average Bonchev–Trinajstić information content (AvgIpc) is 2.14. The smallest absolute Gasteiger partial charge is 0.250 e. The van der Waals surface area contributed by atoms with Crippen molar-refractivity contribution in [1.29, 1.82) is 0 Å². The van der Waals surface area contributed by atoms with Crippen LogP contribution < -0.4 is 0 Å². The number of nitrogens with zero attached hydrogens (tertiary/aromatic N) is 1. The van der Waals surface area contributed by atoms with Crippen molar-refractivity contribution >= 4 is 5.91 Å². The molecule has 1 aliphatic heterocycles. The largest absolute Gasteiger partial charge is 0.286 e. The molecule has 13 heavy (non-hydrogen) atoms. The highest BCUT2D eigenvalue weighted by Gasteiger charge is 2.33. The minimum Gasteiger partial charge on any atom is -0.286 e. The molecule has 1 heterocycles. The number of carbonyl (C=O) groups is 1. The Labute approximate surface area is 79.0 Å². The number of hydroxylamine groups is 2. The minimum absolute atomic E-state index is 0.0905. The molecule has 3 heteroatoms. The van der Waals surface area contributed by atoms with E-state index in [-0.39, 0.29) is 17.2 Å². The second-order valence-corrected chi connectivity index (χ2v) is 4.55. The van der Waals surface area contributed by atoms with Gasteiger partial charge in [-0.05, 0) is 11.8 Å². The van der Waals surface area contributed by atoms with Gasteiger partial charge in [-0.3, -0.25) is 10.0 Å². The third kappa shape index (κ3) is 2.31. The van der Waals surface area contributed by atoms with Crippen LogP contribution in [0, 0.1) is 11.3 Å². The van der Waals surface area contributed by atoms with Crippen LogP contribution in [-0.2, 0) is 4.79 Å². The summed E-state index contributed by atoms with van der Waals surface area (Å²) in [6.45, 7) is 6.36. The quantitative estimate of drug-likeness (QED) is 0.459. The number of hydrogen-bond donors (Lipinski definition) is 1. The maximum atomic E-state index is 11.6. The van der Waals surface area contributed by atoms with E-state index < -0.39 is 0 Å². The fourth-order valence-corrected chi connectivity index (χ4v) is 1.50. The number of rotatable bonds is 0. The standard InChI is InChI=1S/C10H17NO2/c1-10(2,3)8-6-4-5-7-11(13)9(8)12/h4-5,8,13H,6-7H2,1-3H3. The van der Waals surface area contributed by atoms with Gasteiger partial charge < -0.3 is 0 Å². The zero-order valence-corrected chi connectivity index (χ0v) is 8.45. The van der Waals surface area contributed by atoms with Gasteiger partial charge in [0.2, 0.25) is 5.91 Å². The molecule has 74 valence electrons. The summed E-state index contributed by atoms with van der Waals surface area (Å²) in [6.07, 6.45) is 4.51. The third-order valence-corrected chi connectivity index (χ3v) is 2.41. The number of amides is 1. The molecule has 1 amide bonds. The van der Waals surface area contributed by atoms with Gasteiger partial charge in [0.25, 0.3) is 0 Å². The SMILES string of the molecule is CC(C)(C)C1CC=CCN(O)C1=O. The molecule has 0 saturated carbocycles. The predicted molar refractivity (Wildman–Crippen MR) is 50.2 cm³/mol. The maximum Gasteiger partial charge on any atom is 0.250 e. The van der Waals surface area contributed by atoms with Crippen molar-refractivity contribution in [1.82, 2.24) is 5.06 Å². The van der Waals surface area contributed by atoms with E-state index >= 15 is 0 Å². The molecule has 0 aromatic rings. The van der Waals surface area contributed by atoms with Gasteiger partial charge in [-0.15, -0.1) is 0 Å². The summed E-state index contributed by atoms with van der Waals surface area (Å²) in [4.78, 5) is 11.6. The van der Waals surface area contributed by atoms with Gasteiger partial charge in [0.15, 0.2) is 0 Å². The van der Waals surface area contributed by atoms with Crippen LogP contribution in [0.2, 0.25) is 0 Å². The highest BCUT2D eigenvalue weighted by molar-refractivity contribution is 5.79. The van der Waals surface area contributed by atoms with E-state index in [9.17, 15) is 10.0 Å². The van der Waals surface area contributed by atoms with Gasteiger partial charge in [-0.2, -0.15) is 0 Å². The van der Waals surface area contributed by atoms with Crippen molar-refractivity contribution in [2.45, 2.75) is 27.2 Å². The highest BCUT2D eigenvalue weighted by Crippen LogP contribution is 2.31. The first-order valence-electron chi connectivity index (χ1n) is 4.58. The van der Waals surface area contributed by atoms with Crippen LogP contribution in [0.15, 0.2) is 12.2 Å². The Hall–Kier alpha value is -0.830. The summed E-state index contributed by atoms with van der Waals surface area (Å²) in [7, 11) is 0. The molecule has 1 N–H and O–H groups in total. The molecule has 1 aliphatic rings. The Morgan fingerprint density at radius 1 is 1.46 bits per heavy atom. The molecule has 1 rings (SSSR count). The molecule has 3 nitrogen and oxygen atoms in total. The molecule has 0 aromatic heterocycles. The monoisotopic (exact) mass is 183 g/mol. The summed E-state index contributed by atoms with van der Waals surface area (Å²) in [6, 6.07) is 0. The first kappa shape index (κ1) is 10.3. The van der Waals surface area contributed by atoms with E-state index in [0.717, 1.165) is 11.5 Å². The predicted octanol–water partition coefficient (Wildman–Crippen LogP) is 1.83. The Balaban J connectivity index is 2.83. The van der Waals surface area contributed by atoms with E-state index in [1.165, 1.54) is 0 Å². The lowest BCUT2D eigenvalue weighted by Crippen LogP contribution is -2.38. The van der Waals surface area contributed by atoms with E-state index in [1.807, 2.05) is 32.9 Å². The molecule has 1 unspecified atom stereocenters. The molecule has 0 saturated heterocycles. The molecule has 1 atom stereocenters. The summed E-state index contributed by atoms with van der Waals surface area (Å²) < 4.78 is 0. The van der Waals surface area contributed by atoms with Crippen molar-refractivity contribution < 1.29 is 10.0 Å². The van der Waals surface area contributed by atoms with Gasteiger partial charge in [-0.25, -0.2) is 5.06 Å². The van der Waals surface area contributed by atoms with Gasteiger partial charge in [0, 0.05) is 5.92 Å². The summed E-state index contributed by atoms with van der Waals surface area (Å²) in [5.74, 6) is -0.284. The number of carbonyl (C=O) groups excluding carboxylic acids is 1. The van der Waals surface area contributed by atoms with Crippen LogP contribution in [0.3, 0.4) is 0 Å². The molecule has 0 spiro atoms. The lowest BCUT2D eigenvalue weighted by molar-refractivity contribution is -0.170.